The minimum atomic E-state index is -0.132. The molecule has 0 aromatic heterocycles. The van der Waals surface area contributed by atoms with E-state index in [1.165, 1.54) is 76.7 Å². The van der Waals surface area contributed by atoms with Crippen LogP contribution in [-0.4, -0.2) is 29.4 Å². The first kappa shape index (κ1) is 26.6. The molecular formula is C38H43N2+. The van der Waals surface area contributed by atoms with Crippen LogP contribution in [0.2, 0.25) is 0 Å². The van der Waals surface area contributed by atoms with Gasteiger partial charge in [0.2, 0.25) is 5.69 Å². The van der Waals surface area contributed by atoms with Gasteiger partial charge in [0.1, 0.15) is 0 Å². The number of benzene rings is 4. The quantitative estimate of drug-likeness (QED) is 0.207. The molecule has 4 aromatic rings. The lowest BCUT2D eigenvalue weighted by Crippen LogP contribution is -2.36. The SMILES string of the molecule is CCN(CC)c1ccc(/C=C/C2=[N+](C3CCCCC3)c3ccc4ccccc4c3C2(C)Cc2ccccc2)cc1. The van der Waals surface area contributed by atoms with Crippen molar-refractivity contribution in [3.05, 3.63) is 114 Å². The van der Waals surface area contributed by atoms with E-state index in [-0.39, 0.29) is 5.41 Å². The van der Waals surface area contributed by atoms with E-state index in [1.54, 1.807) is 0 Å². The number of rotatable bonds is 8. The van der Waals surface area contributed by atoms with Crippen molar-refractivity contribution in [3.63, 3.8) is 0 Å². The van der Waals surface area contributed by atoms with Gasteiger partial charge in [0.15, 0.2) is 11.8 Å². The highest BCUT2D eigenvalue weighted by Crippen LogP contribution is 2.48. The molecule has 1 unspecified atom stereocenters. The zero-order chi connectivity index (χ0) is 27.5. The second-order valence-electron chi connectivity index (χ2n) is 11.8. The minimum Gasteiger partial charge on any atom is -0.372 e. The van der Waals surface area contributed by atoms with Crippen molar-refractivity contribution in [1.29, 1.82) is 0 Å². The van der Waals surface area contributed by atoms with Gasteiger partial charge in [-0.1, -0.05) is 73.2 Å². The van der Waals surface area contributed by atoms with Gasteiger partial charge in [-0.05, 0) is 86.2 Å². The van der Waals surface area contributed by atoms with E-state index >= 15 is 0 Å². The van der Waals surface area contributed by atoms with Gasteiger partial charge in [-0.3, -0.25) is 0 Å². The number of nitrogens with zero attached hydrogens (tertiary/aromatic N) is 2. The zero-order valence-corrected chi connectivity index (χ0v) is 24.4. The Morgan fingerprint density at radius 2 is 1.48 bits per heavy atom. The van der Waals surface area contributed by atoms with Crippen molar-refractivity contribution < 1.29 is 4.58 Å². The van der Waals surface area contributed by atoms with Crippen molar-refractivity contribution in [2.24, 2.45) is 0 Å². The molecule has 40 heavy (non-hydrogen) atoms. The average Bonchev–Trinajstić information content (AvgIpc) is 3.25. The fourth-order valence-electron chi connectivity index (χ4n) is 7.30. The predicted molar refractivity (Wildman–Crippen MR) is 172 cm³/mol. The highest BCUT2D eigenvalue weighted by molar-refractivity contribution is 6.09. The van der Waals surface area contributed by atoms with Crippen molar-refractivity contribution >= 4 is 33.9 Å². The van der Waals surface area contributed by atoms with Gasteiger partial charge in [0.25, 0.3) is 0 Å². The Bertz CT molecular complexity index is 1520. The number of allylic oxidation sites excluding steroid dienone is 1. The molecule has 1 aliphatic heterocycles. The third-order valence-electron chi connectivity index (χ3n) is 9.34. The van der Waals surface area contributed by atoms with Crippen LogP contribution in [0.5, 0.6) is 0 Å². The zero-order valence-electron chi connectivity index (χ0n) is 24.4. The standard InChI is InChI=1S/C38H43N2/c1-4-39(5-2)32-24-20-29(21-25-32)22-27-36-38(3,28-30-14-8-6-9-15-30)37-34-19-13-12-16-31(34)23-26-35(37)40(36)33-17-10-7-11-18-33/h6,8-9,12-16,19-27,33H,4-5,7,10-11,17-18,28H2,1-3H3/q+1. The lowest BCUT2D eigenvalue weighted by Gasteiger charge is -2.25. The van der Waals surface area contributed by atoms with E-state index in [1.807, 2.05) is 0 Å². The molecule has 204 valence electrons. The van der Waals surface area contributed by atoms with Gasteiger partial charge in [-0.25, -0.2) is 0 Å². The first-order valence-corrected chi connectivity index (χ1v) is 15.4. The molecular weight excluding hydrogens is 484 g/mol. The van der Waals surface area contributed by atoms with E-state index in [0.29, 0.717) is 6.04 Å². The number of hydrogen-bond acceptors (Lipinski definition) is 1. The Hall–Kier alpha value is -3.65. The summed E-state index contributed by atoms with van der Waals surface area (Å²) in [7, 11) is 0. The molecule has 1 fully saturated rings. The molecule has 4 aromatic carbocycles. The summed E-state index contributed by atoms with van der Waals surface area (Å²) in [6, 6.07) is 34.5. The molecule has 0 amide bonds. The van der Waals surface area contributed by atoms with Gasteiger partial charge in [-0.15, -0.1) is 0 Å². The summed E-state index contributed by atoms with van der Waals surface area (Å²) in [6.45, 7) is 9.01. The monoisotopic (exact) mass is 527 g/mol. The molecule has 1 atom stereocenters. The highest BCUT2D eigenvalue weighted by atomic mass is 15.1. The van der Waals surface area contributed by atoms with Crippen LogP contribution in [0, 0.1) is 0 Å². The summed E-state index contributed by atoms with van der Waals surface area (Å²) in [5.74, 6) is 0. The first-order valence-electron chi connectivity index (χ1n) is 15.4. The molecule has 0 saturated heterocycles. The van der Waals surface area contributed by atoms with Gasteiger partial charge >= 0.3 is 0 Å². The van der Waals surface area contributed by atoms with Crippen molar-refractivity contribution in [1.82, 2.24) is 0 Å². The van der Waals surface area contributed by atoms with E-state index < -0.39 is 0 Å². The van der Waals surface area contributed by atoms with Gasteiger partial charge in [-0.2, -0.15) is 4.58 Å². The Morgan fingerprint density at radius 1 is 0.775 bits per heavy atom. The summed E-state index contributed by atoms with van der Waals surface area (Å²) in [5, 5.41) is 2.73. The lowest BCUT2D eigenvalue weighted by molar-refractivity contribution is -0.487. The van der Waals surface area contributed by atoms with Crippen LogP contribution in [0.4, 0.5) is 11.4 Å². The third-order valence-corrected chi connectivity index (χ3v) is 9.34. The summed E-state index contributed by atoms with van der Waals surface area (Å²) in [6.07, 6.45) is 12.3. The second kappa shape index (κ2) is 11.5. The first-order chi connectivity index (χ1) is 19.6. The normalized spacial score (nSPS) is 19.5. The van der Waals surface area contributed by atoms with Gasteiger partial charge in [0.05, 0.1) is 5.41 Å². The largest absolute Gasteiger partial charge is 0.372 e. The van der Waals surface area contributed by atoms with Crippen molar-refractivity contribution in [3.8, 4) is 0 Å². The fraction of sp³-hybridized carbons (Fsp3) is 0.342. The summed E-state index contributed by atoms with van der Waals surface area (Å²) < 4.78 is 2.75. The predicted octanol–water partition coefficient (Wildman–Crippen LogP) is 9.33. The summed E-state index contributed by atoms with van der Waals surface area (Å²) in [4.78, 5) is 2.41. The van der Waals surface area contributed by atoms with Gasteiger partial charge < -0.3 is 4.90 Å². The van der Waals surface area contributed by atoms with Crippen LogP contribution in [0.3, 0.4) is 0 Å². The number of fused-ring (bicyclic) bond motifs is 3. The van der Waals surface area contributed by atoms with Crippen LogP contribution in [0.1, 0.15) is 69.6 Å². The summed E-state index contributed by atoms with van der Waals surface area (Å²) >= 11 is 0. The number of anilines is 1. The molecule has 1 heterocycles. The third kappa shape index (κ3) is 4.89. The Labute approximate surface area is 240 Å². The van der Waals surface area contributed by atoms with Crippen LogP contribution >= 0.6 is 0 Å². The van der Waals surface area contributed by atoms with Crippen molar-refractivity contribution in [2.75, 3.05) is 18.0 Å². The Kier molecular flexibility index (Phi) is 7.61. The smallest absolute Gasteiger partial charge is 0.210 e. The molecule has 1 aliphatic carbocycles. The molecule has 0 spiro atoms. The second-order valence-corrected chi connectivity index (χ2v) is 11.8. The van der Waals surface area contributed by atoms with E-state index in [0.717, 1.165) is 19.5 Å². The molecule has 6 rings (SSSR count). The molecule has 0 N–H and O–H groups in total. The molecule has 2 heteroatoms. The van der Waals surface area contributed by atoms with E-state index in [2.05, 4.69) is 133 Å². The lowest BCUT2D eigenvalue weighted by atomic mass is 9.73. The Morgan fingerprint density at radius 3 is 2.20 bits per heavy atom. The van der Waals surface area contributed by atoms with Gasteiger partial charge in [0, 0.05) is 49.3 Å². The summed E-state index contributed by atoms with van der Waals surface area (Å²) in [5.41, 5.74) is 8.18. The van der Waals surface area contributed by atoms with E-state index in [4.69, 9.17) is 0 Å². The molecule has 0 radical (unpaired) electrons. The maximum atomic E-state index is 2.75. The minimum absolute atomic E-state index is 0.132. The Balaban J connectivity index is 1.51. The molecule has 2 aliphatic rings. The van der Waals surface area contributed by atoms with Crippen LogP contribution in [0.25, 0.3) is 16.8 Å². The molecule has 1 saturated carbocycles. The van der Waals surface area contributed by atoms with Crippen LogP contribution < -0.4 is 4.90 Å². The molecule has 0 bridgehead atoms. The topological polar surface area (TPSA) is 6.25 Å². The van der Waals surface area contributed by atoms with E-state index in [9.17, 15) is 0 Å². The maximum absolute atomic E-state index is 2.75. The fourth-order valence-corrected chi connectivity index (χ4v) is 7.30. The van der Waals surface area contributed by atoms with Crippen LogP contribution in [-0.2, 0) is 11.8 Å². The van der Waals surface area contributed by atoms with Crippen molar-refractivity contribution in [2.45, 2.75) is 70.8 Å². The highest BCUT2D eigenvalue weighted by Gasteiger charge is 2.50. The molecule has 2 nitrogen and oxygen atoms in total. The van der Waals surface area contributed by atoms with Crippen LogP contribution in [0.15, 0.2) is 97.1 Å². The average molecular weight is 528 g/mol. The number of hydrogen-bond donors (Lipinski definition) is 0. The maximum Gasteiger partial charge on any atom is 0.210 e.